The molecule has 0 spiro atoms. The van der Waals surface area contributed by atoms with Crippen molar-refractivity contribution in [2.24, 2.45) is 5.73 Å². The van der Waals surface area contributed by atoms with Crippen molar-refractivity contribution in [1.82, 2.24) is 0 Å². The van der Waals surface area contributed by atoms with Crippen molar-refractivity contribution in [3.8, 4) is 6.07 Å². The smallest absolute Gasteiger partial charge is 0.105 e. The summed E-state index contributed by atoms with van der Waals surface area (Å²) in [7, 11) is 0. The lowest BCUT2D eigenvalue weighted by molar-refractivity contribution is 1.46. The second-order valence-corrected chi connectivity index (χ2v) is 3.46. The number of thiocarbonyl (C=S) groups is 1. The van der Waals surface area contributed by atoms with Crippen LogP contribution in [0.4, 0.5) is 0 Å². The summed E-state index contributed by atoms with van der Waals surface area (Å²) in [5.74, 6) is 0. The van der Waals surface area contributed by atoms with Gasteiger partial charge in [0.05, 0.1) is 11.6 Å². The second kappa shape index (κ2) is 3.65. The summed E-state index contributed by atoms with van der Waals surface area (Å²) >= 11 is 8.06. The van der Waals surface area contributed by atoms with Crippen molar-refractivity contribution in [2.75, 3.05) is 0 Å². The fourth-order valence-electron chi connectivity index (χ4n) is 0.784. The van der Waals surface area contributed by atoms with Gasteiger partial charge in [0.15, 0.2) is 0 Å². The van der Waals surface area contributed by atoms with E-state index in [4.69, 9.17) is 23.2 Å². The molecule has 0 aliphatic carbocycles. The zero-order valence-corrected chi connectivity index (χ0v) is 8.45. The van der Waals surface area contributed by atoms with Gasteiger partial charge in [0, 0.05) is 10.0 Å². The summed E-state index contributed by atoms with van der Waals surface area (Å²) in [5.41, 5.74) is 6.76. The minimum Gasteiger partial charge on any atom is -0.389 e. The van der Waals surface area contributed by atoms with E-state index >= 15 is 0 Å². The van der Waals surface area contributed by atoms with Crippen molar-refractivity contribution in [1.29, 1.82) is 5.26 Å². The molecule has 0 saturated heterocycles. The van der Waals surface area contributed by atoms with Crippen molar-refractivity contribution in [3.05, 3.63) is 33.8 Å². The predicted octanol–water partition coefficient (Wildman–Crippen LogP) is 1.95. The van der Waals surface area contributed by atoms with Crippen LogP contribution >= 0.6 is 28.1 Å². The molecule has 1 rings (SSSR count). The fraction of sp³-hybridized carbons (Fsp3) is 0. The van der Waals surface area contributed by atoms with E-state index < -0.39 is 0 Å². The molecule has 2 N–H and O–H groups in total. The van der Waals surface area contributed by atoms with Crippen molar-refractivity contribution in [3.63, 3.8) is 0 Å². The van der Waals surface area contributed by atoms with E-state index in [0.29, 0.717) is 10.6 Å². The summed E-state index contributed by atoms with van der Waals surface area (Å²) in [5, 5.41) is 8.56. The number of halogens is 1. The van der Waals surface area contributed by atoms with Gasteiger partial charge in [0.25, 0.3) is 0 Å². The first kappa shape index (κ1) is 9.17. The van der Waals surface area contributed by atoms with E-state index in [-0.39, 0.29) is 0 Å². The van der Waals surface area contributed by atoms with Crippen LogP contribution in [0.2, 0.25) is 0 Å². The lowest BCUT2D eigenvalue weighted by Gasteiger charge is -2.00. The topological polar surface area (TPSA) is 49.8 Å². The maximum Gasteiger partial charge on any atom is 0.105 e. The monoisotopic (exact) mass is 240 g/mol. The molecule has 0 radical (unpaired) electrons. The summed E-state index contributed by atoms with van der Waals surface area (Å²) in [6, 6.07) is 7.12. The van der Waals surface area contributed by atoms with E-state index in [1.54, 1.807) is 18.2 Å². The average Bonchev–Trinajstić information content (AvgIpc) is 2.03. The first-order valence-corrected chi connectivity index (χ1v) is 4.34. The number of hydrogen-bond acceptors (Lipinski definition) is 2. The number of nitrogens with zero attached hydrogens (tertiary/aromatic N) is 1. The zero-order chi connectivity index (χ0) is 9.14. The van der Waals surface area contributed by atoms with Gasteiger partial charge in [-0.2, -0.15) is 5.26 Å². The molecule has 0 atom stereocenters. The Balaban J connectivity index is 3.23. The summed E-state index contributed by atoms with van der Waals surface area (Å²) in [6.45, 7) is 0. The van der Waals surface area contributed by atoms with Gasteiger partial charge < -0.3 is 5.73 Å². The molecule has 4 heteroatoms. The van der Waals surface area contributed by atoms with Crippen LogP contribution in [0.1, 0.15) is 11.1 Å². The Morgan fingerprint density at radius 3 is 2.67 bits per heavy atom. The van der Waals surface area contributed by atoms with Gasteiger partial charge >= 0.3 is 0 Å². The van der Waals surface area contributed by atoms with Gasteiger partial charge in [-0.1, -0.05) is 28.1 Å². The van der Waals surface area contributed by atoms with Gasteiger partial charge in [-0.25, -0.2) is 0 Å². The van der Waals surface area contributed by atoms with Crippen LogP contribution in [0.25, 0.3) is 0 Å². The third kappa shape index (κ3) is 1.81. The number of nitrogens with two attached hydrogens (primary N) is 1. The molecule has 0 fully saturated rings. The fourth-order valence-corrected chi connectivity index (χ4v) is 1.69. The Bertz CT molecular complexity index is 368. The Kier molecular flexibility index (Phi) is 2.79. The molecular weight excluding hydrogens is 236 g/mol. The lowest BCUT2D eigenvalue weighted by atomic mass is 10.1. The lowest BCUT2D eigenvalue weighted by Crippen LogP contribution is -2.09. The molecule has 0 saturated carbocycles. The van der Waals surface area contributed by atoms with Gasteiger partial charge in [-0.05, 0) is 18.2 Å². The molecule has 0 heterocycles. The molecule has 12 heavy (non-hydrogen) atoms. The summed E-state index contributed by atoms with van der Waals surface area (Å²) in [6.07, 6.45) is 0. The molecule has 0 aliphatic rings. The zero-order valence-electron chi connectivity index (χ0n) is 6.04. The highest BCUT2D eigenvalue weighted by Crippen LogP contribution is 2.17. The SMILES string of the molecule is N#Cc1ccc(C(N)=S)c(Br)c1. The highest BCUT2D eigenvalue weighted by molar-refractivity contribution is 9.10. The summed E-state index contributed by atoms with van der Waals surface area (Å²) in [4.78, 5) is 0.325. The van der Waals surface area contributed by atoms with E-state index in [1.807, 2.05) is 6.07 Å². The third-order valence-corrected chi connectivity index (χ3v) is 2.24. The quantitative estimate of drug-likeness (QED) is 0.764. The second-order valence-electron chi connectivity index (χ2n) is 2.17. The Morgan fingerprint density at radius 1 is 1.58 bits per heavy atom. The van der Waals surface area contributed by atoms with E-state index in [9.17, 15) is 0 Å². The van der Waals surface area contributed by atoms with E-state index in [2.05, 4.69) is 15.9 Å². The van der Waals surface area contributed by atoms with Crippen molar-refractivity contribution in [2.45, 2.75) is 0 Å². The van der Waals surface area contributed by atoms with Crippen LogP contribution in [-0.2, 0) is 0 Å². The number of benzene rings is 1. The van der Waals surface area contributed by atoms with Gasteiger partial charge in [0.1, 0.15) is 4.99 Å². The molecule has 60 valence electrons. The average molecular weight is 241 g/mol. The Morgan fingerprint density at radius 2 is 2.25 bits per heavy atom. The van der Waals surface area contributed by atoms with Crippen LogP contribution < -0.4 is 5.73 Å². The molecule has 0 aliphatic heterocycles. The molecular formula is C8H5BrN2S. The Hall–Kier alpha value is -0.920. The van der Waals surface area contributed by atoms with Gasteiger partial charge in [-0.15, -0.1) is 0 Å². The maximum atomic E-state index is 8.56. The Labute approximate surface area is 84.1 Å². The first-order valence-electron chi connectivity index (χ1n) is 3.14. The van der Waals surface area contributed by atoms with Crippen LogP contribution in [0.5, 0.6) is 0 Å². The minimum atomic E-state index is 0.325. The van der Waals surface area contributed by atoms with E-state index in [1.165, 1.54) is 0 Å². The van der Waals surface area contributed by atoms with Crippen LogP contribution in [0, 0.1) is 11.3 Å². The van der Waals surface area contributed by atoms with Gasteiger partial charge in [-0.3, -0.25) is 0 Å². The molecule has 0 aromatic heterocycles. The van der Waals surface area contributed by atoms with Crippen LogP contribution in [-0.4, -0.2) is 4.99 Å². The standard InChI is InChI=1S/C8H5BrN2S/c9-7-3-5(4-10)1-2-6(7)8(11)12/h1-3H,(H2,11,12). The molecule has 2 nitrogen and oxygen atoms in total. The van der Waals surface area contributed by atoms with Crippen molar-refractivity contribution < 1.29 is 0 Å². The van der Waals surface area contributed by atoms with Gasteiger partial charge in [0.2, 0.25) is 0 Å². The molecule has 0 bridgehead atoms. The first-order chi connectivity index (χ1) is 5.65. The van der Waals surface area contributed by atoms with E-state index in [0.717, 1.165) is 10.0 Å². The third-order valence-electron chi connectivity index (χ3n) is 1.36. The van der Waals surface area contributed by atoms with Crippen LogP contribution in [0.3, 0.4) is 0 Å². The number of rotatable bonds is 1. The van der Waals surface area contributed by atoms with Crippen molar-refractivity contribution >= 4 is 33.1 Å². The summed E-state index contributed by atoms with van der Waals surface area (Å²) < 4.78 is 0.758. The molecule has 0 unspecified atom stereocenters. The minimum absolute atomic E-state index is 0.325. The van der Waals surface area contributed by atoms with Crippen LogP contribution in [0.15, 0.2) is 22.7 Å². The highest BCUT2D eigenvalue weighted by Gasteiger charge is 2.02. The number of hydrogen-bond donors (Lipinski definition) is 1. The normalized spacial score (nSPS) is 9.00. The molecule has 1 aromatic rings. The maximum absolute atomic E-state index is 8.56. The molecule has 1 aromatic carbocycles. The molecule has 0 amide bonds. The largest absolute Gasteiger partial charge is 0.389 e. The highest BCUT2D eigenvalue weighted by atomic mass is 79.9. The predicted molar refractivity (Wildman–Crippen MR) is 54.7 cm³/mol. The number of nitriles is 1.